The van der Waals surface area contributed by atoms with Gasteiger partial charge in [-0.2, -0.15) is 0 Å². The van der Waals surface area contributed by atoms with Crippen LogP contribution in [0.2, 0.25) is 0 Å². The molecule has 3 rings (SSSR count). The van der Waals surface area contributed by atoms with Crippen molar-refractivity contribution in [2.75, 3.05) is 13.1 Å². The van der Waals surface area contributed by atoms with Gasteiger partial charge in [-0.05, 0) is 43.9 Å². The van der Waals surface area contributed by atoms with Crippen LogP contribution >= 0.6 is 0 Å². The number of amides is 2. The summed E-state index contributed by atoms with van der Waals surface area (Å²) in [6, 6.07) is -0.298. The molecule has 2 saturated heterocycles. The highest BCUT2D eigenvalue weighted by Gasteiger charge is 2.44. The van der Waals surface area contributed by atoms with E-state index in [1.54, 1.807) is 4.90 Å². The lowest BCUT2D eigenvalue weighted by molar-refractivity contribution is -0.144. The molecule has 0 spiro atoms. The molecule has 5 heteroatoms. The van der Waals surface area contributed by atoms with Crippen molar-refractivity contribution in [1.82, 2.24) is 9.80 Å². The average molecular weight is 266 g/mol. The zero-order valence-corrected chi connectivity index (χ0v) is 11.4. The fourth-order valence-electron chi connectivity index (χ4n) is 3.93. The van der Waals surface area contributed by atoms with E-state index in [1.165, 1.54) is 6.42 Å². The third kappa shape index (κ3) is 2.19. The second-order valence-electron chi connectivity index (χ2n) is 6.44. The Labute approximate surface area is 113 Å². The predicted octanol–water partition coefficient (Wildman–Crippen LogP) is 1.78. The molecule has 106 valence electrons. The van der Waals surface area contributed by atoms with Crippen LogP contribution in [-0.2, 0) is 4.79 Å². The van der Waals surface area contributed by atoms with Gasteiger partial charge in [-0.3, -0.25) is 0 Å². The fraction of sp³-hybridized carbons (Fsp3) is 0.857. The van der Waals surface area contributed by atoms with Crippen molar-refractivity contribution in [3.05, 3.63) is 0 Å². The van der Waals surface area contributed by atoms with Gasteiger partial charge in [0.2, 0.25) is 0 Å². The van der Waals surface area contributed by atoms with Crippen LogP contribution in [0.25, 0.3) is 0 Å². The monoisotopic (exact) mass is 266 g/mol. The number of nitrogens with zero attached hydrogens (tertiary/aromatic N) is 2. The molecule has 0 aromatic heterocycles. The minimum Gasteiger partial charge on any atom is -0.480 e. The largest absolute Gasteiger partial charge is 0.480 e. The summed E-state index contributed by atoms with van der Waals surface area (Å²) in [6.07, 6.45) is 4.94. The first-order valence-electron chi connectivity index (χ1n) is 7.36. The molecule has 3 fully saturated rings. The van der Waals surface area contributed by atoms with Crippen molar-refractivity contribution >= 4 is 12.0 Å². The molecule has 2 heterocycles. The highest BCUT2D eigenvalue weighted by atomic mass is 16.4. The maximum atomic E-state index is 12.6. The van der Waals surface area contributed by atoms with E-state index in [9.17, 15) is 14.7 Å². The lowest BCUT2D eigenvalue weighted by atomic mass is 9.92. The second kappa shape index (κ2) is 4.69. The van der Waals surface area contributed by atoms with Gasteiger partial charge in [-0.15, -0.1) is 0 Å². The Morgan fingerprint density at radius 2 is 1.89 bits per heavy atom. The number of carbonyl (C=O) groups is 2. The Morgan fingerprint density at radius 3 is 2.47 bits per heavy atom. The fourth-order valence-corrected chi connectivity index (χ4v) is 3.93. The first-order valence-corrected chi connectivity index (χ1v) is 7.36. The lowest BCUT2D eigenvalue weighted by Gasteiger charge is -2.40. The zero-order valence-electron chi connectivity index (χ0n) is 11.4. The van der Waals surface area contributed by atoms with Crippen LogP contribution in [0.4, 0.5) is 4.79 Å². The molecular weight excluding hydrogens is 244 g/mol. The lowest BCUT2D eigenvalue weighted by Crippen LogP contribution is -2.55. The van der Waals surface area contributed by atoms with Crippen LogP contribution in [0.3, 0.4) is 0 Å². The third-order valence-corrected chi connectivity index (χ3v) is 5.05. The number of hydrogen-bond acceptors (Lipinski definition) is 2. The van der Waals surface area contributed by atoms with E-state index >= 15 is 0 Å². The Balaban J connectivity index is 1.73. The quantitative estimate of drug-likeness (QED) is 0.787. The highest BCUT2D eigenvalue weighted by molar-refractivity contribution is 5.83. The highest BCUT2D eigenvalue weighted by Crippen LogP contribution is 2.38. The van der Waals surface area contributed by atoms with Gasteiger partial charge in [0.1, 0.15) is 6.04 Å². The number of urea groups is 1. The Bertz CT molecular complexity index is 398. The standard InChI is InChI=1S/C14H22N2O3/c1-9-4-5-15(12(6-9)13(17)18)14(19)16-8-10-2-3-11(16)7-10/h9-12H,2-8H2,1H3,(H,17,18). The van der Waals surface area contributed by atoms with Crippen molar-refractivity contribution in [3.8, 4) is 0 Å². The van der Waals surface area contributed by atoms with Crippen molar-refractivity contribution in [3.63, 3.8) is 0 Å². The van der Waals surface area contributed by atoms with Crippen molar-refractivity contribution in [2.45, 2.75) is 51.1 Å². The van der Waals surface area contributed by atoms with E-state index in [-0.39, 0.29) is 6.03 Å². The van der Waals surface area contributed by atoms with Gasteiger partial charge in [0.25, 0.3) is 0 Å². The number of aliphatic carboxylic acids is 1. The molecule has 2 amide bonds. The molecule has 1 N–H and O–H groups in total. The predicted molar refractivity (Wildman–Crippen MR) is 69.8 cm³/mol. The summed E-state index contributed by atoms with van der Waals surface area (Å²) < 4.78 is 0. The molecule has 2 bridgehead atoms. The first-order chi connectivity index (χ1) is 9.06. The van der Waals surface area contributed by atoms with Crippen LogP contribution in [0.5, 0.6) is 0 Å². The van der Waals surface area contributed by atoms with Gasteiger partial charge in [0.15, 0.2) is 0 Å². The number of likely N-dealkylation sites (tertiary alicyclic amines) is 2. The molecular formula is C14H22N2O3. The molecule has 0 radical (unpaired) electrons. The maximum absolute atomic E-state index is 12.6. The molecule has 0 aromatic rings. The van der Waals surface area contributed by atoms with Gasteiger partial charge in [-0.25, -0.2) is 9.59 Å². The summed E-state index contributed by atoms with van der Waals surface area (Å²) in [5.41, 5.74) is 0. The summed E-state index contributed by atoms with van der Waals surface area (Å²) >= 11 is 0. The zero-order chi connectivity index (χ0) is 13.6. The Hall–Kier alpha value is -1.26. The number of hydrogen-bond donors (Lipinski definition) is 1. The van der Waals surface area contributed by atoms with Crippen LogP contribution < -0.4 is 0 Å². The van der Waals surface area contributed by atoms with Gasteiger partial charge < -0.3 is 14.9 Å². The SMILES string of the molecule is CC1CCN(C(=O)N2CC3CCC2C3)C(C(=O)O)C1. The van der Waals surface area contributed by atoms with E-state index in [4.69, 9.17) is 0 Å². The van der Waals surface area contributed by atoms with Gasteiger partial charge in [0, 0.05) is 19.1 Å². The molecule has 19 heavy (non-hydrogen) atoms. The molecule has 0 aromatic carbocycles. The van der Waals surface area contributed by atoms with E-state index < -0.39 is 12.0 Å². The maximum Gasteiger partial charge on any atom is 0.326 e. The molecule has 4 atom stereocenters. The molecule has 4 unspecified atom stereocenters. The van der Waals surface area contributed by atoms with Crippen LogP contribution in [0.1, 0.15) is 39.0 Å². The van der Waals surface area contributed by atoms with Crippen LogP contribution in [0, 0.1) is 11.8 Å². The summed E-state index contributed by atoms with van der Waals surface area (Å²) in [7, 11) is 0. The van der Waals surface area contributed by atoms with E-state index in [0.29, 0.717) is 30.8 Å². The summed E-state index contributed by atoms with van der Waals surface area (Å²) in [5.74, 6) is 0.186. The number of rotatable bonds is 1. The summed E-state index contributed by atoms with van der Waals surface area (Å²) in [5, 5.41) is 9.34. The van der Waals surface area contributed by atoms with Crippen LogP contribution in [-0.4, -0.2) is 52.1 Å². The van der Waals surface area contributed by atoms with Gasteiger partial charge >= 0.3 is 12.0 Å². The van der Waals surface area contributed by atoms with Gasteiger partial charge in [-0.1, -0.05) is 6.92 Å². The summed E-state index contributed by atoms with van der Waals surface area (Å²) in [4.78, 5) is 27.5. The Kier molecular flexibility index (Phi) is 3.15. The first kappa shape index (κ1) is 12.8. The normalized spacial score (nSPS) is 37.7. The van der Waals surface area contributed by atoms with E-state index in [2.05, 4.69) is 6.92 Å². The Morgan fingerprint density at radius 1 is 1.11 bits per heavy atom. The minimum absolute atomic E-state index is 0.0356. The van der Waals surface area contributed by atoms with Crippen LogP contribution in [0.15, 0.2) is 0 Å². The number of fused-ring (bicyclic) bond motifs is 2. The number of carboxylic acids is 1. The third-order valence-electron chi connectivity index (χ3n) is 5.05. The molecule has 3 aliphatic rings. The smallest absolute Gasteiger partial charge is 0.326 e. The number of carboxylic acid groups (broad SMARTS) is 1. The minimum atomic E-state index is -0.857. The average Bonchev–Trinajstić information content (AvgIpc) is 3.00. The number of carbonyl (C=O) groups excluding carboxylic acids is 1. The van der Waals surface area contributed by atoms with E-state index in [1.807, 2.05) is 4.90 Å². The molecule has 1 saturated carbocycles. The van der Waals surface area contributed by atoms with Crippen molar-refractivity contribution in [1.29, 1.82) is 0 Å². The molecule has 2 aliphatic heterocycles. The van der Waals surface area contributed by atoms with Gasteiger partial charge in [0.05, 0.1) is 0 Å². The molecule has 1 aliphatic carbocycles. The summed E-state index contributed by atoms with van der Waals surface area (Å²) in [6.45, 7) is 3.49. The molecule has 5 nitrogen and oxygen atoms in total. The topological polar surface area (TPSA) is 60.9 Å². The number of piperidine rings is 2. The van der Waals surface area contributed by atoms with Crippen molar-refractivity contribution < 1.29 is 14.7 Å². The van der Waals surface area contributed by atoms with Crippen molar-refractivity contribution in [2.24, 2.45) is 11.8 Å². The second-order valence-corrected chi connectivity index (χ2v) is 6.44. The van der Waals surface area contributed by atoms with E-state index in [0.717, 1.165) is 25.8 Å².